The zero-order valence-electron chi connectivity index (χ0n) is 17.0. The molecule has 0 saturated heterocycles. The number of benzene rings is 3. The van der Waals surface area contributed by atoms with E-state index in [4.69, 9.17) is 21.1 Å². The molecule has 0 aliphatic rings. The summed E-state index contributed by atoms with van der Waals surface area (Å²) in [5, 5.41) is 21.1. The molecule has 162 valence electrons. The average Bonchev–Trinajstić information content (AvgIpc) is 2.78. The van der Waals surface area contributed by atoms with Crippen LogP contribution in [0.15, 0.2) is 65.1 Å². The Morgan fingerprint density at radius 2 is 1.97 bits per heavy atom. The van der Waals surface area contributed by atoms with Gasteiger partial charge in [-0.3, -0.25) is 10.1 Å². The number of ether oxygens (including phenoxy) is 2. The van der Waals surface area contributed by atoms with Gasteiger partial charge in [0.2, 0.25) is 0 Å². The number of hydrogen-bond donors (Lipinski definition) is 0. The Hall–Kier alpha value is -3.34. The fraction of sp³-hybridized carbons (Fsp3) is 0.125. The van der Waals surface area contributed by atoms with E-state index >= 15 is 0 Å². The van der Waals surface area contributed by atoms with Crippen LogP contribution in [0.4, 0.5) is 5.69 Å². The molecule has 3 rings (SSSR count). The predicted molar refractivity (Wildman–Crippen MR) is 128 cm³/mol. The molecule has 0 bridgehead atoms. The van der Waals surface area contributed by atoms with Crippen molar-refractivity contribution in [1.82, 2.24) is 0 Å². The lowest BCUT2D eigenvalue weighted by molar-refractivity contribution is -0.384. The van der Waals surface area contributed by atoms with Crippen LogP contribution in [0.25, 0.3) is 11.6 Å². The highest BCUT2D eigenvalue weighted by molar-refractivity contribution is 9.10. The van der Waals surface area contributed by atoms with E-state index in [-0.39, 0.29) is 12.3 Å². The van der Waals surface area contributed by atoms with Gasteiger partial charge in [-0.2, -0.15) is 5.26 Å². The molecule has 3 aromatic rings. The van der Waals surface area contributed by atoms with Crippen LogP contribution in [0.2, 0.25) is 5.02 Å². The van der Waals surface area contributed by atoms with Crippen LogP contribution in [-0.4, -0.2) is 11.5 Å². The molecule has 0 aliphatic heterocycles. The highest BCUT2D eigenvalue weighted by Gasteiger charge is 2.14. The summed E-state index contributed by atoms with van der Waals surface area (Å²) < 4.78 is 12.3. The van der Waals surface area contributed by atoms with E-state index in [9.17, 15) is 15.4 Å². The quantitative estimate of drug-likeness (QED) is 0.139. The predicted octanol–water partition coefficient (Wildman–Crippen LogP) is 7.05. The van der Waals surface area contributed by atoms with Crippen LogP contribution < -0.4 is 9.47 Å². The summed E-state index contributed by atoms with van der Waals surface area (Å²) in [6.07, 6.45) is 1.72. The molecule has 0 saturated carbocycles. The summed E-state index contributed by atoms with van der Waals surface area (Å²) in [5.41, 5.74) is 2.42. The van der Waals surface area contributed by atoms with Crippen molar-refractivity contribution in [2.24, 2.45) is 0 Å². The lowest BCUT2D eigenvalue weighted by Crippen LogP contribution is -2.01. The second kappa shape index (κ2) is 10.8. The number of non-ortho nitro benzene ring substituents is 1. The molecule has 0 radical (unpaired) electrons. The summed E-state index contributed by atoms with van der Waals surface area (Å²) in [7, 11) is 0. The first-order valence-electron chi connectivity index (χ1n) is 9.62. The molecule has 0 aromatic heterocycles. The van der Waals surface area contributed by atoms with E-state index in [0.717, 1.165) is 5.56 Å². The summed E-state index contributed by atoms with van der Waals surface area (Å²) in [6, 6.07) is 19.2. The second-order valence-corrected chi connectivity index (χ2v) is 7.89. The number of halogens is 2. The van der Waals surface area contributed by atoms with Crippen LogP contribution in [0.1, 0.15) is 23.6 Å². The highest BCUT2D eigenvalue weighted by atomic mass is 79.9. The Balaban J connectivity index is 1.93. The number of nitriles is 1. The molecule has 0 aliphatic carbocycles. The Bertz CT molecular complexity index is 1220. The number of nitro groups is 1. The minimum absolute atomic E-state index is 0.000659. The number of rotatable bonds is 8. The first-order valence-corrected chi connectivity index (χ1v) is 10.8. The standard InChI is InChI=1S/C24H18BrClN2O4/c1-2-31-23-13-17(10-18(14-27)20-8-3-4-9-22(20)26)12-21(25)24(23)32-15-16-6-5-7-19(11-16)28(29)30/h3-13H,2,15H2,1H3. The average molecular weight is 514 g/mol. The number of nitro benzene ring substituents is 1. The van der Waals surface area contributed by atoms with E-state index in [1.807, 2.05) is 13.0 Å². The van der Waals surface area contributed by atoms with Crippen molar-refractivity contribution in [1.29, 1.82) is 5.26 Å². The maximum atomic E-state index is 11.0. The lowest BCUT2D eigenvalue weighted by atomic mass is 10.0. The molecule has 0 unspecified atom stereocenters. The van der Waals surface area contributed by atoms with Gasteiger partial charge >= 0.3 is 0 Å². The fourth-order valence-corrected chi connectivity index (χ4v) is 3.82. The molecular weight excluding hydrogens is 496 g/mol. The topological polar surface area (TPSA) is 85.4 Å². The van der Waals surface area contributed by atoms with Crippen molar-refractivity contribution in [3.05, 3.63) is 97.0 Å². The lowest BCUT2D eigenvalue weighted by Gasteiger charge is -2.15. The van der Waals surface area contributed by atoms with Gasteiger partial charge in [0.05, 0.1) is 27.6 Å². The maximum absolute atomic E-state index is 11.0. The van der Waals surface area contributed by atoms with E-state index in [1.165, 1.54) is 12.1 Å². The molecule has 3 aromatic carbocycles. The molecule has 32 heavy (non-hydrogen) atoms. The Morgan fingerprint density at radius 3 is 2.66 bits per heavy atom. The Morgan fingerprint density at radius 1 is 1.19 bits per heavy atom. The van der Waals surface area contributed by atoms with E-state index in [2.05, 4.69) is 22.0 Å². The van der Waals surface area contributed by atoms with Crippen LogP contribution in [0.5, 0.6) is 11.5 Å². The van der Waals surface area contributed by atoms with Gasteiger partial charge in [0.15, 0.2) is 11.5 Å². The number of nitrogens with zero attached hydrogens (tertiary/aromatic N) is 2. The van der Waals surface area contributed by atoms with Gasteiger partial charge in [0, 0.05) is 22.7 Å². The minimum Gasteiger partial charge on any atom is -0.490 e. The van der Waals surface area contributed by atoms with Crippen molar-refractivity contribution in [3.8, 4) is 17.6 Å². The molecule has 0 fully saturated rings. The SMILES string of the molecule is CCOc1cc(C=C(C#N)c2ccccc2Cl)cc(Br)c1OCc1cccc([N+](=O)[O-])c1. The van der Waals surface area contributed by atoms with Crippen molar-refractivity contribution in [2.45, 2.75) is 13.5 Å². The molecular formula is C24H18BrClN2O4. The third-order valence-corrected chi connectivity index (χ3v) is 5.35. The van der Waals surface area contributed by atoms with Gasteiger partial charge in [0.1, 0.15) is 6.61 Å². The van der Waals surface area contributed by atoms with Crippen molar-refractivity contribution < 1.29 is 14.4 Å². The smallest absolute Gasteiger partial charge is 0.269 e. The molecule has 0 atom stereocenters. The molecule has 0 N–H and O–H groups in total. The van der Waals surface area contributed by atoms with Gasteiger partial charge in [0.25, 0.3) is 5.69 Å². The third kappa shape index (κ3) is 5.67. The summed E-state index contributed by atoms with van der Waals surface area (Å²) in [5.74, 6) is 0.946. The van der Waals surface area contributed by atoms with Crippen LogP contribution in [-0.2, 0) is 6.61 Å². The van der Waals surface area contributed by atoms with Gasteiger partial charge in [-0.15, -0.1) is 0 Å². The monoisotopic (exact) mass is 512 g/mol. The first-order chi connectivity index (χ1) is 15.4. The molecule has 0 spiro atoms. The van der Waals surface area contributed by atoms with E-state index in [0.29, 0.717) is 44.3 Å². The third-order valence-electron chi connectivity index (χ3n) is 4.43. The highest BCUT2D eigenvalue weighted by Crippen LogP contribution is 2.39. The molecule has 0 heterocycles. The summed E-state index contributed by atoms with van der Waals surface area (Å²) in [6.45, 7) is 2.38. The van der Waals surface area contributed by atoms with Gasteiger partial charge in [-0.05, 0) is 58.3 Å². The van der Waals surface area contributed by atoms with Gasteiger partial charge in [-0.25, -0.2) is 0 Å². The Kier molecular flexibility index (Phi) is 7.87. The van der Waals surface area contributed by atoms with Crippen LogP contribution in [0, 0.1) is 21.4 Å². The molecule has 8 heteroatoms. The first kappa shape index (κ1) is 23.3. The second-order valence-electron chi connectivity index (χ2n) is 6.63. The van der Waals surface area contributed by atoms with Crippen molar-refractivity contribution in [2.75, 3.05) is 6.61 Å². The van der Waals surface area contributed by atoms with E-state index in [1.54, 1.807) is 48.5 Å². The normalized spacial score (nSPS) is 11.0. The van der Waals surface area contributed by atoms with Gasteiger partial charge < -0.3 is 9.47 Å². The zero-order valence-corrected chi connectivity index (χ0v) is 19.4. The van der Waals surface area contributed by atoms with Crippen molar-refractivity contribution >= 4 is 44.9 Å². The van der Waals surface area contributed by atoms with Gasteiger partial charge in [-0.1, -0.05) is 41.9 Å². The summed E-state index contributed by atoms with van der Waals surface area (Å²) >= 11 is 9.75. The molecule has 6 nitrogen and oxygen atoms in total. The number of allylic oxidation sites excluding steroid dienone is 1. The largest absolute Gasteiger partial charge is 0.490 e. The van der Waals surface area contributed by atoms with Crippen LogP contribution in [0.3, 0.4) is 0 Å². The fourth-order valence-electron chi connectivity index (χ4n) is 3.01. The number of hydrogen-bond acceptors (Lipinski definition) is 5. The molecule has 0 amide bonds. The minimum atomic E-state index is -0.446. The zero-order chi connectivity index (χ0) is 23.1. The Labute approximate surface area is 198 Å². The maximum Gasteiger partial charge on any atom is 0.269 e. The van der Waals surface area contributed by atoms with E-state index < -0.39 is 4.92 Å². The van der Waals surface area contributed by atoms with Crippen LogP contribution >= 0.6 is 27.5 Å². The van der Waals surface area contributed by atoms with Crippen molar-refractivity contribution in [3.63, 3.8) is 0 Å². The summed E-state index contributed by atoms with van der Waals surface area (Å²) in [4.78, 5) is 10.5.